The summed E-state index contributed by atoms with van der Waals surface area (Å²) in [6, 6.07) is 5.19. The fraction of sp³-hybridized carbons (Fsp3) is 0.500. The highest BCUT2D eigenvalue weighted by molar-refractivity contribution is 5.76. The van der Waals surface area contributed by atoms with Gasteiger partial charge in [-0.3, -0.25) is 4.79 Å². The summed E-state index contributed by atoms with van der Waals surface area (Å²) >= 11 is 0. The van der Waals surface area contributed by atoms with E-state index >= 15 is 0 Å². The molecule has 0 atom stereocenters. The smallest absolute Gasteiger partial charge is 0.227 e. The first kappa shape index (κ1) is 17.5. The summed E-state index contributed by atoms with van der Waals surface area (Å²) in [7, 11) is 1.96. The number of benzene rings is 1. The van der Waals surface area contributed by atoms with Crippen LogP contribution in [-0.4, -0.2) is 47.1 Å². The van der Waals surface area contributed by atoms with Gasteiger partial charge in [-0.2, -0.15) is 4.98 Å². The number of aromatic nitrogens is 2. The number of hydrogen-bond donors (Lipinski definition) is 1. The standard InChI is InChI=1S/C18H23FN4O2/c1-12-11-13(3-4-15(12)19)18-21-16(25-22-18)5-6-17(24)23-9-7-14(20-2)8-10-23/h3-4,11,14,20H,5-10H2,1-2H3. The van der Waals surface area contributed by atoms with Gasteiger partial charge in [-0.15, -0.1) is 0 Å². The molecule has 0 aliphatic carbocycles. The van der Waals surface area contributed by atoms with E-state index in [1.807, 2.05) is 11.9 Å². The molecule has 1 aliphatic rings. The van der Waals surface area contributed by atoms with Crippen molar-refractivity contribution in [3.8, 4) is 11.4 Å². The van der Waals surface area contributed by atoms with E-state index in [9.17, 15) is 9.18 Å². The fourth-order valence-corrected chi connectivity index (χ4v) is 3.05. The number of piperidine rings is 1. The Balaban J connectivity index is 1.55. The third-order valence-electron chi connectivity index (χ3n) is 4.69. The van der Waals surface area contributed by atoms with E-state index in [4.69, 9.17) is 4.52 Å². The van der Waals surface area contributed by atoms with E-state index in [1.165, 1.54) is 6.07 Å². The first-order valence-electron chi connectivity index (χ1n) is 8.61. The van der Waals surface area contributed by atoms with Gasteiger partial charge in [0, 0.05) is 37.5 Å². The molecule has 7 heteroatoms. The Morgan fingerprint density at radius 3 is 2.84 bits per heavy atom. The number of nitrogens with one attached hydrogen (secondary N) is 1. The van der Waals surface area contributed by atoms with E-state index in [1.54, 1.807) is 19.1 Å². The number of aryl methyl sites for hydroxylation is 2. The van der Waals surface area contributed by atoms with E-state index < -0.39 is 0 Å². The highest BCUT2D eigenvalue weighted by atomic mass is 19.1. The maximum Gasteiger partial charge on any atom is 0.227 e. The number of likely N-dealkylation sites (tertiary alicyclic amines) is 1. The molecule has 0 unspecified atom stereocenters. The van der Waals surface area contributed by atoms with E-state index in [2.05, 4.69) is 15.5 Å². The highest BCUT2D eigenvalue weighted by Gasteiger charge is 2.22. The minimum Gasteiger partial charge on any atom is -0.343 e. The molecule has 6 nitrogen and oxygen atoms in total. The summed E-state index contributed by atoms with van der Waals surface area (Å²) in [5.74, 6) is 0.697. The second kappa shape index (κ2) is 7.74. The van der Waals surface area contributed by atoms with Gasteiger partial charge in [0.2, 0.25) is 17.6 Å². The molecule has 0 radical (unpaired) electrons. The van der Waals surface area contributed by atoms with Gasteiger partial charge in [-0.1, -0.05) is 5.16 Å². The van der Waals surface area contributed by atoms with Crippen LogP contribution in [0.3, 0.4) is 0 Å². The Morgan fingerprint density at radius 2 is 2.16 bits per heavy atom. The number of rotatable bonds is 5. The SMILES string of the molecule is CNC1CCN(C(=O)CCc2nc(-c3ccc(F)c(C)c3)no2)CC1. The third-order valence-corrected chi connectivity index (χ3v) is 4.69. The predicted octanol–water partition coefficient (Wildman–Crippen LogP) is 2.33. The Bertz CT molecular complexity index is 738. The van der Waals surface area contributed by atoms with Crippen LogP contribution in [0.1, 0.15) is 30.7 Å². The Labute approximate surface area is 146 Å². The zero-order valence-electron chi connectivity index (χ0n) is 14.6. The minimum atomic E-state index is -0.264. The van der Waals surface area contributed by atoms with Gasteiger partial charge in [0.25, 0.3) is 0 Å². The van der Waals surface area contributed by atoms with Crippen molar-refractivity contribution in [2.75, 3.05) is 20.1 Å². The number of halogens is 1. The number of amides is 1. The maximum atomic E-state index is 13.3. The van der Waals surface area contributed by atoms with Gasteiger partial charge < -0.3 is 14.7 Å². The van der Waals surface area contributed by atoms with Crippen molar-refractivity contribution >= 4 is 5.91 Å². The normalized spacial score (nSPS) is 15.6. The van der Waals surface area contributed by atoms with Gasteiger partial charge in [-0.25, -0.2) is 4.39 Å². The van der Waals surface area contributed by atoms with Crippen molar-refractivity contribution in [2.45, 2.75) is 38.6 Å². The van der Waals surface area contributed by atoms with E-state index in [0.29, 0.717) is 41.7 Å². The molecule has 25 heavy (non-hydrogen) atoms. The first-order chi connectivity index (χ1) is 12.1. The average Bonchev–Trinajstić information content (AvgIpc) is 3.11. The molecular weight excluding hydrogens is 323 g/mol. The van der Waals surface area contributed by atoms with E-state index in [-0.39, 0.29) is 11.7 Å². The molecule has 1 fully saturated rings. The van der Waals surface area contributed by atoms with Crippen molar-refractivity contribution < 1.29 is 13.7 Å². The first-order valence-corrected chi connectivity index (χ1v) is 8.61. The summed E-state index contributed by atoms with van der Waals surface area (Å²) in [6.45, 7) is 3.26. The monoisotopic (exact) mass is 346 g/mol. The molecule has 1 N–H and O–H groups in total. The van der Waals surface area contributed by atoms with E-state index in [0.717, 1.165) is 25.9 Å². The molecule has 134 valence electrons. The van der Waals surface area contributed by atoms with Gasteiger partial charge in [-0.05, 0) is 50.6 Å². The largest absolute Gasteiger partial charge is 0.343 e. The molecule has 1 amide bonds. The summed E-state index contributed by atoms with van der Waals surface area (Å²) in [5, 5.41) is 7.18. The van der Waals surface area contributed by atoms with Crippen LogP contribution in [0.25, 0.3) is 11.4 Å². The molecule has 0 spiro atoms. The summed E-state index contributed by atoms with van der Waals surface area (Å²) in [4.78, 5) is 18.5. The lowest BCUT2D eigenvalue weighted by Gasteiger charge is -2.31. The number of nitrogens with zero attached hydrogens (tertiary/aromatic N) is 3. The zero-order valence-corrected chi connectivity index (χ0v) is 14.6. The third kappa shape index (κ3) is 4.22. The average molecular weight is 346 g/mol. The molecule has 3 rings (SSSR count). The Kier molecular flexibility index (Phi) is 5.43. The van der Waals surface area contributed by atoms with Crippen LogP contribution in [0.15, 0.2) is 22.7 Å². The number of carbonyl (C=O) groups is 1. The van der Waals surface area contributed by atoms with Crippen molar-refractivity contribution in [3.05, 3.63) is 35.5 Å². The van der Waals surface area contributed by atoms with Crippen molar-refractivity contribution in [1.82, 2.24) is 20.4 Å². The lowest BCUT2D eigenvalue weighted by Crippen LogP contribution is -2.44. The lowest BCUT2D eigenvalue weighted by molar-refractivity contribution is -0.132. The van der Waals surface area contributed by atoms with Crippen LogP contribution >= 0.6 is 0 Å². The van der Waals surface area contributed by atoms with Gasteiger partial charge in [0.15, 0.2) is 0 Å². The van der Waals surface area contributed by atoms with Crippen LogP contribution < -0.4 is 5.32 Å². The van der Waals surface area contributed by atoms with Crippen LogP contribution in [0, 0.1) is 12.7 Å². The molecule has 0 bridgehead atoms. The molecule has 1 aliphatic heterocycles. The molecule has 0 saturated carbocycles. The summed E-state index contributed by atoms with van der Waals surface area (Å²) in [5.41, 5.74) is 1.23. The number of carbonyl (C=O) groups excluding carboxylic acids is 1. The molecule has 2 aromatic rings. The van der Waals surface area contributed by atoms with Crippen LogP contribution in [0.4, 0.5) is 4.39 Å². The van der Waals surface area contributed by atoms with Gasteiger partial charge >= 0.3 is 0 Å². The summed E-state index contributed by atoms with van der Waals surface area (Å²) < 4.78 is 18.6. The lowest BCUT2D eigenvalue weighted by atomic mass is 10.0. The van der Waals surface area contributed by atoms with Crippen LogP contribution in [-0.2, 0) is 11.2 Å². The van der Waals surface area contributed by atoms with Crippen molar-refractivity contribution in [1.29, 1.82) is 0 Å². The summed E-state index contributed by atoms with van der Waals surface area (Å²) in [6.07, 6.45) is 2.74. The molecule has 1 aromatic carbocycles. The van der Waals surface area contributed by atoms with Gasteiger partial charge in [0.1, 0.15) is 5.82 Å². The minimum absolute atomic E-state index is 0.118. The molecule has 1 aromatic heterocycles. The number of hydrogen-bond acceptors (Lipinski definition) is 5. The quantitative estimate of drug-likeness (QED) is 0.900. The Hall–Kier alpha value is -2.28. The predicted molar refractivity (Wildman–Crippen MR) is 91.4 cm³/mol. The molecule has 1 saturated heterocycles. The zero-order chi connectivity index (χ0) is 17.8. The topological polar surface area (TPSA) is 71.3 Å². The van der Waals surface area contributed by atoms with Crippen molar-refractivity contribution in [3.63, 3.8) is 0 Å². The highest BCUT2D eigenvalue weighted by Crippen LogP contribution is 2.19. The van der Waals surface area contributed by atoms with Gasteiger partial charge in [0.05, 0.1) is 0 Å². The Morgan fingerprint density at radius 1 is 1.40 bits per heavy atom. The molecule has 2 heterocycles. The maximum absolute atomic E-state index is 13.3. The van der Waals surface area contributed by atoms with Crippen LogP contribution in [0.2, 0.25) is 0 Å². The van der Waals surface area contributed by atoms with Crippen molar-refractivity contribution in [2.24, 2.45) is 0 Å². The fourth-order valence-electron chi connectivity index (χ4n) is 3.05. The molecular formula is C18H23FN4O2. The second-order valence-electron chi connectivity index (χ2n) is 6.42. The van der Waals surface area contributed by atoms with Crippen LogP contribution in [0.5, 0.6) is 0 Å². The second-order valence-corrected chi connectivity index (χ2v) is 6.42.